The van der Waals surface area contributed by atoms with E-state index in [-0.39, 0.29) is 6.61 Å². The Morgan fingerprint density at radius 1 is 0.722 bits per heavy atom. The van der Waals surface area contributed by atoms with Crippen molar-refractivity contribution in [1.82, 2.24) is 0 Å². The van der Waals surface area contributed by atoms with Crippen molar-refractivity contribution in [2.45, 2.75) is 6.92 Å². The molecular formula is C2H12B4F4O8. The summed E-state index contributed by atoms with van der Waals surface area (Å²) in [5.74, 6) is 0. The van der Waals surface area contributed by atoms with E-state index in [1.807, 2.05) is 0 Å². The summed E-state index contributed by atoms with van der Waals surface area (Å²) in [6.45, 7) is 1.81. The molecule has 0 fully saturated rings. The first-order chi connectivity index (χ1) is 7.97. The highest BCUT2D eigenvalue weighted by Gasteiger charge is 2.07. The van der Waals surface area contributed by atoms with Gasteiger partial charge in [0.15, 0.2) is 0 Å². The molecule has 0 rings (SSSR count). The maximum atomic E-state index is 11.0. The molecule has 0 aliphatic carbocycles. The predicted octanol–water partition coefficient (Wildman–Crippen LogP) is -3.25. The monoisotopic (exact) mass is 284 g/mol. The van der Waals surface area contributed by atoms with Crippen LogP contribution in [0.15, 0.2) is 0 Å². The van der Waals surface area contributed by atoms with Crippen molar-refractivity contribution < 1.29 is 57.1 Å². The van der Waals surface area contributed by atoms with Crippen molar-refractivity contribution in [3.63, 3.8) is 0 Å². The fourth-order valence-corrected chi connectivity index (χ4v) is 0.138. The van der Waals surface area contributed by atoms with E-state index in [1.165, 1.54) is 0 Å². The van der Waals surface area contributed by atoms with Crippen LogP contribution in [-0.2, 0) is 4.65 Å². The zero-order valence-electron chi connectivity index (χ0n) is 9.07. The van der Waals surface area contributed by atoms with Crippen molar-refractivity contribution in [3.05, 3.63) is 0 Å². The molecule has 0 aliphatic heterocycles. The molecule has 0 aromatic rings. The Morgan fingerprint density at radius 3 is 0.889 bits per heavy atom. The van der Waals surface area contributed by atoms with Crippen LogP contribution in [0, 0.1) is 0 Å². The molecule has 0 saturated heterocycles. The second-order valence-corrected chi connectivity index (χ2v) is 1.68. The van der Waals surface area contributed by atoms with Crippen LogP contribution in [0.2, 0.25) is 0 Å². The van der Waals surface area contributed by atoms with Crippen molar-refractivity contribution in [2.24, 2.45) is 0 Å². The van der Waals surface area contributed by atoms with E-state index in [0.29, 0.717) is 0 Å². The Bertz CT molecular complexity index is 109. The predicted molar refractivity (Wildman–Crippen MR) is 54.6 cm³/mol. The van der Waals surface area contributed by atoms with Gasteiger partial charge in [0.25, 0.3) is 0 Å². The van der Waals surface area contributed by atoms with Crippen molar-refractivity contribution in [3.8, 4) is 0 Å². The molecule has 0 bridgehead atoms. The van der Waals surface area contributed by atoms with Gasteiger partial charge in [-0.05, 0) is 6.92 Å². The van der Waals surface area contributed by atoms with Crippen LogP contribution in [0.5, 0.6) is 0 Å². The smallest absolute Gasteiger partial charge is 0.398 e. The Morgan fingerprint density at radius 2 is 0.889 bits per heavy atom. The fraction of sp³-hybridized carbons (Fsp3) is 1.00. The van der Waals surface area contributed by atoms with Gasteiger partial charge in [-0.2, -0.15) is 0 Å². The minimum absolute atomic E-state index is 0.206. The molecule has 0 unspecified atom stereocenters. The largest absolute Gasteiger partial charge is 0.677 e. The maximum absolute atomic E-state index is 11.0. The maximum Gasteiger partial charge on any atom is 0.677 e. The molecule has 108 valence electrons. The van der Waals surface area contributed by atoms with E-state index in [4.69, 9.17) is 35.2 Å². The number of halogens is 4. The Balaban J connectivity index is -0.0000000742. The summed E-state index contributed by atoms with van der Waals surface area (Å²) in [6.07, 6.45) is 0. The summed E-state index contributed by atoms with van der Waals surface area (Å²) in [5, 5.41) is 49.3. The van der Waals surface area contributed by atoms with Crippen LogP contribution in [-0.4, -0.2) is 71.4 Å². The van der Waals surface area contributed by atoms with Crippen LogP contribution in [0.4, 0.5) is 17.3 Å². The summed E-state index contributed by atoms with van der Waals surface area (Å²) < 4.78 is 45.3. The van der Waals surface area contributed by atoms with E-state index < -0.39 is 29.6 Å². The quantitative estimate of drug-likeness (QED) is 0.206. The van der Waals surface area contributed by atoms with Gasteiger partial charge in [0.1, 0.15) is 0 Å². The molecule has 0 spiro atoms. The molecule has 0 aromatic carbocycles. The summed E-state index contributed by atoms with van der Waals surface area (Å²) in [6, 6.07) is 0. The van der Waals surface area contributed by atoms with Gasteiger partial charge in [0.05, 0.1) is 0 Å². The van der Waals surface area contributed by atoms with E-state index in [2.05, 4.69) is 4.65 Å². The molecular weight excluding hydrogens is 271 g/mol. The highest BCUT2D eigenvalue weighted by Crippen LogP contribution is 1.77. The van der Waals surface area contributed by atoms with Gasteiger partial charge in [-0.3, -0.25) is 17.3 Å². The van der Waals surface area contributed by atoms with E-state index >= 15 is 0 Å². The van der Waals surface area contributed by atoms with Crippen LogP contribution in [0.1, 0.15) is 6.92 Å². The van der Waals surface area contributed by atoms with Crippen LogP contribution < -0.4 is 0 Å². The third-order valence-corrected chi connectivity index (χ3v) is 0.304. The highest BCUT2D eigenvalue weighted by atomic mass is 19.1. The third-order valence-electron chi connectivity index (χ3n) is 0.304. The molecule has 18 heavy (non-hydrogen) atoms. The summed E-state index contributed by atoms with van der Waals surface area (Å²) in [4.78, 5) is 0. The molecule has 0 radical (unpaired) electrons. The van der Waals surface area contributed by atoms with Crippen molar-refractivity contribution >= 4 is 29.6 Å². The molecule has 0 aliphatic rings. The minimum Gasteiger partial charge on any atom is -0.398 e. The zero-order valence-corrected chi connectivity index (χ0v) is 9.07. The lowest BCUT2D eigenvalue weighted by Crippen LogP contribution is -2.09. The van der Waals surface area contributed by atoms with E-state index in [0.717, 1.165) is 0 Å². The Labute approximate surface area is 101 Å². The average Bonchev–Trinajstić information content (AvgIpc) is 1.98. The average molecular weight is 283 g/mol. The number of hydrogen-bond donors (Lipinski definition) is 7. The molecule has 8 nitrogen and oxygen atoms in total. The molecule has 16 heteroatoms. The van der Waals surface area contributed by atoms with E-state index in [1.54, 1.807) is 6.92 Å². The van der Waals surface area contributed by atoms with E-state index in [9.17, 15) is 17.3 Å². The fourth-order valence-electron chi connectivity index (χ4n) is 0.138. The van der Waals surface area contributed by atoms with Gasteiger partial charge in [-0.15, -0.1) is 0 Å². The second-order valence-electron chi connectivity index (χ2n) is 1.68. The normalized spacial score (nSPS) is 7.33. The van der Waals surface area contributed by atoms with Crippen molar-refractivity contribution in [1.29, 1.82) is 0 Å². The molecule has 7 N–H and O–H groups in total. The minimum atomic E-state index is -2.67. The van der Waals surface area contributed by atoms with Gasteiger partial charge in [0, 0.05) is 6.61 Å². The van der Waals surface area contributed by atoms with Crippen molar-refractivity contribution in [2.75, 3.05) is 6.61 Å². The van der Waals surface area contributed by atoms with Gasteiger partial charge >= 0.3 is 29.6 Å². The lowest BCUT2D eigenvalue weighted by molar-refractivity contribution is 0.234. The molecule has 0 aromatic heterocycles. The standard InChI is InChI=1S/C2H6BFO2.3BFH2O2/c1-2-6-3(4)5;3*2-1(3)4/h5H,2H2,1H3;3*3-4H. The zero-order chi connectivity index (χ0) is 15.7. The summed E-state index contributed by atoms with van der Waals surface area (Å²) in [5.41, 5.74) is 0. The van der Waals surface area contributed by atoms with Gasteiger partial charge in [-0.25, -0.2) is 0 Å². The lowest BCUT2D eigenvalue weighted by atomic mass is 10.3. The number of hydrogen-bond acceptors (Lipinski definition) is 8. The van der Waals surface area contributed by atoms with Gasteiger partial charge in [-0.1, -0.05) is 0 Å². The lowest BCUT2D eigenvalue weighted by Gasteiger charge is -1.89. The molecule has 0 heterocycles. The summed E-state index contributed by atoms with van der Waals surface area (Å²) in [7, 11) is -10.1. The van der Waals surface area contributed by atoms with Crippen LogP contribution >= 0.6 is 0 Å². The summed E-state index contributed by atoms with van der Waals surface area (Å²) >= 11 is 0. The first-order valence-electron chi connectivity index (χ1n) is 3.91. The highest BCUT2D eigenvalue weighted by molar-refractivity contribution is 6.33. The third kappa shape index (κ3) is 476. The van der Waals surface area contributed by atoms with Gasteiger partial charge < -0.3 is 39.8 Å². The first kappa shape index (κ1) is 26.3. The SMILES string of the molecule is CCOB(O)F.OB(O)F.OB(O)F.OB(O)F. The molecule has 0 atom stereocenters. The Kier molecular flexibility index (Phi) is 32.0. The number of rotatable bonds is 2. The molecule has 0 saturated carbocycles. The van der Waals surface area contributed by atoms with Crippen LogP contribution in [0.3, 0.4) is 0 Å². The topological polar surface area (TPSA) is 151 Å². The molecule has 0 amide bonds. The first-order valence-corrected chi connectivity index (χ1v) is 3.91. The van der Waals surface area contributed by atoms with Gasteiger partial charge in [0.2, 0.25) is 0 Å². The van der Waals surface area contributed by atoms with Crippen LogP contribution in [0.25, 0.3) is 0 Å². The second kappa shape index (κ2) is 21.9. The Hall–Kier alpha value is -0.340.